The summed E-state index contributed by atoms with van der Waals surface area (Å²) in [6.45, 7) is 1.79. The van der Waals surface area contributed by atoms with Crippen LogP contribution in [0.1, 0.15) is 15.9 Å². The highest BCUT2D eigenvalue weighted by Crippen LogP contribution is 2.27. The topological polar surface area (TPSA) is 72.2 Å². The van der Waals surface area contributed by atoms with Gasteiger partial charge in [-0.2, -0.15) is 0 Å². The Hall–Kier alpha value is -2.40. The molecule has 0 aliphatic rings. The molecule has 5 nitrogen and oxygen atoms in total. The van der Waals surface area contributed by atoms with Crippen molar-refractivity contribution in [1.29, 1.82) is 0 Å². The summed E-state index contributed by atoms with van der Waals surface area (Å²) in [4.78, 5) is 22.5. The van der Waals surface area contributed by atoms with Gasteiger partial charge in [-0.3, -0.25) is 14.9 Å². The number of aryl methyl sites for hydroxylation is 1. The van der Waals surface area contributed by atoms with Gasteiger partial charge in [-0.25, -0.2) is 0 Å². The summed E-state index contributed by atoms with van der Waals surface area (Å²) < 4.78 is 0. The Morgan fingerprint density at radius 1 is 1.20 bits per heavy atom. The van der Waals surface area contributed by atoms with Gasteiger partial charge in [0, 0.05) is 6.07 Å². The number of carbonyl (C=O) groups is 1. The monoisotopic (exact) mass is 290 g/mol. The summed E-state index contributed by atoms with van der Waals surface area (Å²) in [6, 6.07) is 11.0. The summed E-state index contributed by atoms with van der Waals surface area (Å²) in [6.07, 6.45) is 0. The van der Waals surface area contributed by atoms with Crippen molar-refractivity contribution in [3.8, 4) is 0 Å². The van der Waals surface area contributed by atoms with Crippen molar-refractivity contribution in [2.24, 2.45) is 0 Å². The number of benzene rings is 2. The molecule has 0 spiro atoms. The molecule has 0 bridgehead atoms. The Morgan fingerprint density at radius 2 is 1.90 bits per heavy atom. The second kappa shape index (κ2) is 5.71. The van der Waals surface area contributed by atoms with Gasteiger partial charge in [0.1, 0.15) is 5.56 Å². The van der Waals surface area contributed by atoms with Gasteiger partial charge in [0.2, 0.25) is 0 Å². The Labute approximate surface area is 120 Å². The number of nitrogens with one attached hydrogen (secondary N) is 1. The minimum atomic E-state index is -0.589. The van der Waals surface area contributed by atoms with Crippen molar-refractivity contribution >= 4 is 28.9 Å². The van der Waals surface area contributed by atoms with Crippen molar-refractivity contribution in [2.75, 3.05) is 5.32 Å². The quantitative estimate of drug-likeness (QED) is 0.690. The standard InChI is InChI=1S/C14H11ClN2O3/c1-9-5-4-7-11(15)13(9)16-14(18)10-6-2-3-8-12(10)17(19)20/h2-8H,1H3,(H,16,18). The SMILES string of the molecule is Cc1cccc(Cl)c1NC(=O)c1ccccc1[N+](=O)[O-]. The molecule has 2 aromatic carbocycles. The van der Waals surface area contributed by atoms with E-state index in [9.17, 15) is 14.9 Å². The molecule has 0 fully saturated rings. The number of amides is 1. The van der Waals surface area contributed by atoms with E-state index in [0.29, 0.717) is 10.7 Å². The first-order chi connectivity index (χ1) is 9.50. The van der Waals surface area contributed by atoms with Crippen LogP contribution in [0.25, 0.3) is 0 Å². The molecule has 1 N–H and O–H groups in total. The van der Waals surface area contributed by atoms with Gasteiger partial charge in [0.15, 0.2) is 0 Å². The molecule has 20 heavy (non-hydrogen) atoms. The zero-order valence-corrected chi connectivity index (χ0v) is 11.3. The summed E-state index contributed by atoms with van der Waals surface area (Å²) in [5.74, 6) is -0.562. The van der Waals surface area contributed by atoms with E-state index in [0.717, 1.165) is 5.56 Å². The van der Waals surface area contributed by atoms with Gasteiger partial charge >= 0.3 is 0 Å². The first-order valence-electron chi connectivity index (χ1n) is 5.80. The van der Waals surface area contributed by atoms with Crippen LogP contribution in [0.5, 0.6) is 0 Å². The highest BCUT2D eigenvalue weighted by Gasteiger charge is 2.20. The Balaban J connectivity index is 2.36. The molecule has 0 radical (unpaired) electrons. The average molecular weight is 291 g/mol. The van der Waals surface area contributed by atoms with E-state index in [1.165, 1.54) is 18.2 Å². The van der Waals surface area contributed by atoms with Crippen molar-refractivity contribution < 1.29 is 9.72 Å². The van der Waals surface area contributed by atoms with Crippen LogP contribution in [0, 0.1) is 17.0 Å². The Morgan fingerprint density at radius 3 is 2.55 bits per heavy atom. The largest absolute Gasteiger partial charge is 0.320 e. The molecule has 0 saturated heterocycles. The average Bonchev–Trinajstić information content (AvgIpc) is 2.43. The fraction of sp³-hybridized carbons (Fsp3) is 0.0714. The number of nitro benzene ring substituents is 1. The minimum Gasteiger partial charge on any atom is -0.320 e. The first kappa shape index (κ1) is 14.0. The summed E-state index contributed by atoms with van der Waals surface area (Å²) in [5, 5.41) is 13.9. The van der Waals surface area contributed by atoms with Crippen LogP contribution in [-0.2, 0) is 0 Å². The smallest absolute Gasteiger partial charge is 0.282 e. The zero-order chi connectivity index (χ0) is 14.7. The summed E-state index contributed by atoms with van der Waals surface area (Å²) in [5.41, 5.74) is 0.994. The van der Waals surface area contributed by atoms with Crippen LogP contribution in [-0.4, -0.2) is 10.8 Å². The molecular formula is C14H11ClN2O3. The lowest BCUT2D eigenvalue weighted by atomic mass is 10.1. The van der Waals surface area contributed by atoms with Gasteiger partial charge in [-0.15, -0.1) is 0 Å². The predicted molar refractivity (Wildman–Crippen MR) is 77.2 cm³/mol. The van der Waals surface area contributed by atoms with E-state index in [1.54, 1.807) is 31.2 Å². The molecule has 0 atom stereocenters. The van der Waals surface area contributed by atoms with Crippen molar-refractivity contribution in [2.45, 2.75) is 6.92 Å². The highest BCUT2D eigenvalue weighted by atomic mass is 35.5. The molecule has 0 aliphatic carbocycles. The molecule has 0 unspecified atom stereocenters. The lowest BCUT2D eigenvalue weighted by Crippen LogP contribution is -2.14. The number of nitro groups is 1. The number of hydrogen-bond donors (Lipinski definition) is 1. The molecule has 0 aliphatic heterocycles. The number of para-hydroxylation sites is 2. The zero-order valence-electron chi connectivity index (χ0n) is 10.6. The van der Waals surface area contributed by atoms with Crippen LogP contribution in [0.2, 0.25) is 5.02 Å². The van der Waals surface area contributed by atoms with Gasteiger partial charge in [0.25, 0.3) is 11.6 Å². The van der Waals surface area contributed by atoms with E-state index in [4.69, 9.17) is 11.6 Å². The minimum absolute atomic E-state index is 0.00294. The third-order valence-corrected chi connectivity index (χ3v) is 3.12. The molecule has 102 valence electrons. The molecule has 6 heteroatoms. The van der Waals surface area contributed by atoms with E-state index in [2.05, 4.69) is 5.32 Å². The predicted octanol–water partition coefficient (Wildman–Crippen LogP) is 3.81. The summed E-state index contributed by atoms with van der Waals surface area (Å²) in [7, 11) is 0. The fourth-order valence-electron chi connectivity index (χ4n) is 1.80. The van der Waals surface area contributed by atoms with E-state index < -0.39 is 10.8 Å². The Bertz CT molecular complexity index is 666. The van der Waals surface area contributed by atoms with Crippen LogP contribution in [0.3, 0.4) is 0 Å². The molecule has 2 aromatic rings. The molecule has 1 amide bonds. The number of halogens is 1. The normalized spacial score (nSPS) is 10.1. The van der Waals surface area contributed by atoms with Gasteiger partial charge in [-0.05, 0) is 24.6 Å². The second-order valence-electron chi connectivity index (χ2n) is 4.16. The number of anilines is 1. The van der Waals surface area contributed by atoms with Crippen LogP contribution in [0.15, 0.2) is 42.5 Å². The molecule has 0 saturated carbocycles. The van der Waals surface area contributed by atoms with Crippen LogP contribution >= 0.6 is 11.6 Å². The Kier molecular flexibility index (Phi) is 4.00. The number of nitrogens with zero attached hydrogens (tertiary/aromatic N) is 1. The third-order valence-electron chi connectivity index (χ3n) is 2.81. The molecule has 2 rings (SSSR count). The lowest BCUT2D eigenvalue weighted by Gasteiger charge is -2.10. The molecule has 0 heterocycles. The fourth-order valence-corrected chi connectivity index (χ4v) is 2.06. The molecule has 0 aromatic heterocycles. The third kappa shape index (κ3) is 2.78. The van der Waals surface area contributed by atoms with E-state index in [-0.39, 0.29) is 11.3 Å². The second-order valence-corrected chi connectivity index (χ2v) is 4.57. The lowest BCUT2D eigenvalue weighted by molar-refractivity contribution is -0.385. The van der Waals surface area contributed by atoms with Crippen LogP contribution in [0.4, 0.5) is 11.4 Å². The molecular weight excluding hydrogens is 280 g/mol. The number of hydrogen-bond acceptors (Lipinski definition) is 3. The van der Waals surface area contributed by atoms with Gasteiger partial charge in [-0.1, -0.05) is 35.9 Å². The van der Waals surface area contributed by atoms with E-state index in [1.807, 2.05) is 0 Å². The maximum absolute atomic E-state index is 12.2. The van der Waals surface area contributed by atoms with Gasteiger partial charge < -0.3 is 5.32 Å². The van der Waals surface area contributed by atoms with Crippen LogP contribution < -0.4 is 5.32 Å². The van der Waals surface area contributed by atoms with Crippen molar-refractivity contribution in [1.82, 2.24) is 0 Å². The summed E-state index contributed by atoms with van der Waals surface area (Å²) >= 11 is 6.01. The van der Waals surface area contributed by atoms with Gasteiger partial charge in [0.05, 0.1) is 15.6 Å². The van der Waals surface area contributed by atoms with Crippen molar-refractivity contribution in [3.63, 3.8) is 0 Å². The number of rotatable bonds is 3. The number of carbonyl (C=O) groups excluding carboxylic acids is 1. The maximum Gasteiger partial charge on any atom is 0.282 e. The van der Waals surface area contributed by atoms with E-state index >= 15 is 0 Å². The maximum atomic E-state index is 12.2. The van der Waals surface area contributed by atoms with Crippen molar-refractivity contribution in [3.05, 3.63) is 68.7 Å². The highest BCUT2D eigenvalue weighted by molar-refractivity contribution is 6.34. The first-order valence-corrected chi connectivity index (χ1v) is 6.18.